The zero-order chi connectivity index (χ0) is 19.3. The van der Waals surface area contributed by atoms with E-state index in [1.54, 1.807) is 0 Å². The number of aryl methyl sites for hydroxylation is 1. The lowest BCUT2D eigenvalue weighted by atomic mass is 10.1. The van der Waals surface area contributed by atoms with E-state index in [1.807, 2.05) is 61.2 Å². The largest absolute Gasteiger partial charge is 0.494 e. The Labute approximate surface area is 172 Å². The number of nitrogens with two attached hydrogens (primary N) is 2. The van der Waals surface area contributed by atoms with Crippen molar-refractivity contribution in [3.05, 3.63) is 60.2 Å². The first-order valence-electron chi connectivity index (χ1n) is 9.22. The fraction of sp³-hybridized carbons (Fsp3) is 0.333. The lowest BCUT2D eigenvalue weighted by Crippen LogP contribution is -2.54. The van der Waals surface area contributed by atoms with Gasteiger partial charge in [0.05, 0.1) is 6.61 Å². The van der Waals surface area contributed by atoms with E-state index in [0.29, 0.717) is 5.96 Å². The molecule has 6 nitrogen and oxygen atoms in total. The molecule has 0 aliphatic carbocycles. The molecule has 0 radical (unpaired) electrons. The summed E-state index contributed by atoms with van der Waals surface area (Å²) < 4.78 is 5.75. The van der Waals surface area contributed by atoms with Crippen LogP contribution >= 0.6 is 12.4 Å². The SMILES string of the molecule is CC1(C)N=C(N)N=C(N)N1c1cccc(CCCCOc2ccccc2)c1.Cl. The van der Waals surface area contributed by atoms with Crippen LogP contribution in [0.3, 0.4) is 0 Å². The minimum Gasteiger partial charge on any atom is -0.494 e. The van der Waals surface area contributed by atoms with Crippen LogP contribution in [0.2, 0.25) is 0 Å². The van der Waals surface area contributed by atoms with Gasteiger partial charge in [0.15, 0.2) is 0 Å². The molecule has 4 N–H and O–H groups in total. The predicted octanol–water partition coefficient (Wildman–Crippen LogP) is 3.70. The number of ether oxygens (including phenoxy) is 1. The molecule has 0 aromatic heterocycles. The van der Waals surface area contributed by atoms with Crippen LogP contribution in [-0.2, 0) is 6.42 Å². The zero-order valence-corrected chi connectivity index (χ0v) is 17.2. The molecule has 7 heteroatoms. The van der Waals surface area contributed by atoms with Gasteiger partial charge in [0.2, 0.25) is 11.9 Å². The summed E-state index contributed by atoms with van der Waals surface area (Å²) in [5.74, 6) is 1.49. The average molecular weight is 402 g/mol. The molecule has 28 heavy (non-hydrogen) atoms. The van der Waals surface area contributed by atoms with Gasteiger partial charge in [-0.2, -0.15) is 4.99 Å². The maximum Gasteiger partial charge on any atom is 0.220 e. The molecule has 1 aliphatic rings. The Morgan fingerprint density at radius 1 is 1.00 bits per heavy atom. The number of halogens is 1. The Morgan fingerprint density at radius 2 is 1.75 bits per heavy atom. The van der Waals surface area contributed by atoms with Crippen LogP contribution in [-0.4, -0.2) is 24.2 Å². The summed E-state index contributed by atoms with van der Waals surface area (Å²) in [5, 5.41) is 0. The molecule has 2 aromatic carbocycles. The van der Waals surface area contributed by atoms with Crippen molar-refractivity contribution in [2.45, 2.75) is 38.8 Å². The Balaban J connectivity index is 0.00000280. The molecule has 0 amide bonds. The number of anilines is 1. The van der Waals surface area contributed by atoms with E-state index >= 15 is 0 Å². The second kappa shape index (κ2) is 9.46. The number of nitrogens with zero attached hydrogens (tertiary/aromatic N) is 3. The first kappa shape index (κ1) is 21.6. The highest BCUT2D eigenvalue weighted by atomic mass is 35.5. The minimum absolute atomic E-state index is 0. The van der Waals surface area contributed by atoms with E-state index in [2.05, 4.69) is 22.1 Å². The van der Waals surface area contributed by atoms with E-state index in [9.17, 15) is 0 Å². The summed E-state index contributed by atoms with van der Waals surface area (Å²) >= 11 is 0. The molecule has 0 saturated carbocycles. The van der Waals surface area contributed by atoms with Crippen LogP contribution in [0.1, 0.15) is 32.3 Å². The Hall–Kier alpha value is -2.73. The van der Waals surface area contributed by atoms with Gasteiger partial charge in [-0.1, -0.05) is 30.3 Å². The number of guanidine groups is 2. The first-order valence-corrected chi connectivity index (χ1v) is 9.22. The first-order chi connectivity index (χ1) is 13.0. The fourth-order valence-electron chi connectivity index (χ4n) is 3.24. The van der Waals surface area contributed by atoms with Crippen molar-refractivity contribution >= 4 is 30.0 Å². The van der Waals surface area contributed by atoms with Gasteiger partial charge < -0.3 is 16.2 Å². The highest BCUT2D eigenvalue weighted by Gasteiger charge is 2.32. The standard InChI is InChI=1S/C21H27N5O.ClH/c1-21(2)25-19(22)24-20(23)26(21)17-11-8-10-16(15-17)9-6-7-14-27-18-12-4-3-5-13-18;/h3-5,8,10-13,15H,6-7,9,14H2,1-2H3,(H4,22,23,24,25);1H. The van der Waals surface area contributed by atoms with Gasteiger partial charge in [0, 0.05) is 5.69 Å². The number of aliphatic imine (C=N–C) groups is 2. The van der Waals surface area contributed by atoms with Crippen molar-refractivity contribution in [2.75, 3.05) is 11.5 Å². The van der Waals surface area contributed by atoms with Crippen molar-refractivity contribution in [3.63, 3.8) is 0 Å². The van der Waals surface area contributed by atoms with Gasteiger partial charge >= 0.3 is 0 Å². The van der Waals surface area contributed by atoms with Crippen LogP contribution in [0, 0.1) is 0 Å². The van der Waals surface area contributed by atoms with Crippen LogP contribution in [0.5, 0.6) is 5.75 Å². The van der Waals surface area contributed by atoms with E-state index in [0.717, 1.165) is 37.3 Å². The van der Waals surface area contributed by atoms with Crippen LogP contribution in [0.25, 0.3) is 0 Å². The van der Waals surface area contributed by atoms with Gasteiger partial charge in [0.25, 0.3) is 0 Å². The summed E-state index contributed by atoms with van der Waals surface area (Å²) in [6, 6.07) is 18.2. The van der Waals surface area contributed by atoms with Gasteiger partial charge in [-0.15, -0.1) is 12.4 Å². The molecular formula is C21H28ClN5O. The molecule has 0 spiro atoms. The summed E-state index contributed by atoms with van der Waals surface area (Å²) in [4.78, 5) is 10.4. The van der Waals surface area contributed by atoms with Crippen molar-refractivity contribution in [1.82, 2.24) is 0 Å². The van der Waals surface area contributed by atoms with Crippen molar-refractivity contribution in [2.24, 2.45) is 21.5 Å². The third-order valence-electron chi connectivity index (χ3n) is 4.43. The number of unbranched alkanes of at least 4 members (excludes halogenated alkanes) is 1. The summed E-state index contributed by atoms with van der Waals surface area (Å²) in [6.45, 7) is 4.65. The minimum atomic E-state index is -0.571. The predicted molar refractivity (Wildman–Crippen MR) is 118 cm³/mol. The second-order valence-electron chi connectivity index (χ2n) is 7.06. The molecule has 0 bridgehead atoms. The summed E-state index contributed by atoms with van der Waals surface area (Å²) in [5.41, 5.74) is 13.5. The van der Waals surface area contributed by atoms with Gasteiger partial charge in [-0.3, -0.25) is 4.90 Å². The summed E-state index contributed by atoms with van der Waals surface area (Å²) in [6.07, 6.45) is 3.02. The fourth-order valence-corrected chi connectivity index (χ4v) is 3.24. The number of hydrogen-bond acceptors (Lipinski definition) is 6. The van der Waals surface area contributed by atoms with Crippen LogP contribution in [0.15, 0.2) is 64.6 Å². The second-order valence-corrected chi connectivity index (χ2v) is 7.06. The third kappa shape index (κ3) is 5.39. The average Bonchev–Trinajstić information content (AvgIpc) is 2.61. The highest BCUT2D eigenvalue weighted by Crippen LogP contribution is 2.28. The number of hydrogen-bond donors (Lipinski definition) is 2. The normalized spacial score (nSPS) is 15.3. The Kier molecular flexibility index (Phi) is 7.29. The van der Waals surface area contributed by atoms with Gasteiger partial charge in [-0.05, 0) is 62.9 Å². The molecule has 0 fully saturated rings. The van der Waals surface area contributed by atoms with Gasteiger partial charge in [-0.25, -0.2) is 4.99 Å². The molecule has 0 saturated heterocycles. The number of rotatable bonds is 7. The van der Waals surface area contributed by atoms with Crippen molar-refractivity contribution in [1.29, 1.82) is 0 Å². The maximum absolute atomic E-state index is 6.12. The zero-order valence-electron chi connectivity index (χ0n) is 16.3. The van der Waals surface area contributed by atoms with Gasteiger partial charge in [0.1, 0.15) is 11.4 Å². The Morgan fingerprint density at radius 3 is 2.46 bits per heavy atom. The van der Waals surface area contributed by atoms with Crippen molar-refractivity contribution < 1.29 is 4.74 Å². The Bertz CT molecular complexity index is 836. The lowest BCUT2D eigenvalue weighted by Gasteiger charge is -2.38. The number of benzene rings is 2. The lowest BCUT2D eigenvalue weighted by molar-refractivity contribution is 0.307. The molecular weight excluding hydrogens is 374 g/mol. The third-order valence-corrected chi connectivity index (χ3v) is 4.43. The number of para-hydroxylation sites is 1. The summed E-state index contributed by atoms with van der Waals surface area (Å²) in [7, 11) is 0. The molecule has 0 atom stereocenters. The maximum atomic E-state index is 6.12. The van der Waals surface area contributed by atoms with E-state index in [1.165, 1.54) is 5.56 Å². The van der Waals surface area contributed by atoms with Crippen LogP contribution < -0.4 is 21.1 Å². The highest BCUT2D eigenvalue weighted by molar-refractivity contribution is 6.05. The van der Waals surface area contributed by atoms with E-state index in [4.69, 9.17) is 16.2 Å². The molecule has 3 rings (SSSR count). The van der Waals surface area contributed by atoms with Crippen LogP contribution in [0.4, 0.5) is 5.69 Å². The smallest absolute Gasteiger partial charge is 0.220 e. The topological polar surface area (TPSA) is 89.2 Å². The molecule has 1 aliphatic heterocycles. The van der Waals surface area contributed by atoms with Crippen molar-refractivity contribution in [3.8, 4) is 5.75 Å². The quantitative estimate of drug-likeness (QED) is 0.692. The molecule has 2 aromatic rings. The van der Waals surface area contributed by atoms with E-state index in [-0.39, 0.29) is 18.4 Å². The molecule has 1 heterocycles. The van der Waals surface area contributed by atoms with E-state index < -0.39 is 5.66 Å². The molecule has 150 valence electrons. The molecule has 0 unspecified atom stereocenters. The monoisotopic (exact) mass is 401 g/mol.